The molecule has 3 unspecified atom stereocenters. The monoisotopic (exact) mass is 278 g/mol. The number of halogens is 3. The molecule has 2 fully saturated rings. The molecule has 0 radical (unpaired) electrons. The van der Waals surface area contributed by atoms with Crippen LogP contribution >= 0.6 is 0 Å². The van der Waals surface area contributed by atoms with Crippen LogP contribution in [-0.4, -0.2) is 42.3 Å². The standard InChI is InChI=1S/C14H25F3N2/c1-3-18-12-7-4-10(2)8-13(12)19(11-5-6-11)9-14(15,16)17/h10-13,18H,3-9H2,1-2H3. The molecule has 2 rings (SSSR count). The van der Waals surface area contributed by atoms with Crippen molar-refractivity contribution in [1.82, 2.24) is 10.2 Å². The Kier molecular flexibility index (Phi) is 4.77. The van der Waals surface area contributed by atoms with Crippen LogP contribution in [0.4, 0.5) is 13.2 Å². The molecule has 2 aliphatic carbocycles. The summed E-state index contributed by atoms with van der Waals surface area (Å²) in [6.07, 6.45) is 0.795. The maximum absolute atomic E-state index is 12.8. The molecule has 0 saturated heterocycles. The predicted octanol–water partition coefficient (Wildman–Crippen LogP) is 3.18. The van der Waals surface area contributed by atoms with Crippen LogP contribution in [0, 0.1) is 5.92 Å². The van der Waals surface area contributed by atoms with E-state index < -0.39 is 12.7 Å². The van der Waals surface area contributed by atoms with E-state index in [0.29, 0.717) is 5.92 Å². The number of nitrogens with one attached hydrogen (secondary N) is 1. The molecule has 0 bridgehead atoms. The van der Waals surface area contributed by atoms with Crippen LogP contribution in [0.3, 0.4) is 0 Å². The van der Waals surface area contributed by atoms with Gasteiger partial charge in [0.1, 0.15) is 0 Å². The van der Waals surface area contributed by atoms with Gasteiger partial charge in [0, 0.05) is 18.1 Å². The van der Waals surface area contributed by atoms with Crippen LogP contribution in [0.15, 0.2) is 0 Å². The molecule has 0 heterocycles. The van der Waals surface area contributed by atoms with Gasteiger partial charge in [0.2, 0.25) is 0 Å². The molecule has 0 aromatic rings. The Morgan fingerprint density at radius 3 is 2.37 bits per heavy atom. The third-order valence-electron chi connectivity index (χ3n) is 4.35. The van der Waals surface area contributed by atoms with Crippen molar-refractivity contribution in [2.75, 3.05) is 13.1 Å². The van der Waals surface area contributed by atoms with Gasteiger partial charge in [-0.15, -0.1) is 0 Å². The van der Waals surface area contributed by atoms with Gasteiger partial charge in [-0.1, -0.05) is 13.8 Å². The third kappa shape index (κ3) is 4.35. The van der Waals surface area contributed by atoms with Crippen LogP contribution in [0.2, 0.25) is 0 Å². The van der Waals surface area contributed by atoms with E-state index in [2.05, 4.69) is 12.2 Å². The van der Waals surface area contributed by atoms with Gasteiger partial charge >= 0.3 is 6.18 Å². The molecule has 2 aliphatic rings. The van der Waals surface area contributed by atoms with Crippen LogP contribution in [0.25, 0.3) is 0 Å². The van der Waals surface area contributed by atoms with Gasteiger partial charge in [0.25, 0.3) is 0 Å². The lowest BCUT2D eigenvalue weighted by Crippen LogP contribution is -2.55. The Hall–Kier alpha value is -0.290. The average molecular weight is 278 g/mol. The first-order valence-corrected chi connectivity index (χ1v) is 7.46. The Morgan fingerprint density at radius 1 is 1.16 bits per heavy atom. The summed E-state index contributed by atoms with van der Waals surface area (Å²) in [4.78, 5) is 1.74. The molecule has 3 atom stereocenters. The molecule has 5 heteroatoms. The van der Waals surface area contributed by atoms with E-state index >= 15 is 0 Å². The zero-order valence-corrected chi connectivity index (χ0v) is 11.8. The number of alkyl halides is 3. The SMILES string of the molecule is CCNC1CCC(C)CC1N(CC(F)(F)F)C1CC1. The lowest BCUT2D eigenvalue weighted by molar-refractivity contribution is -0.155. The van der Waals surface area contributed by atoms with E-state index in [-0.39, 0.29) is 18.1 Å². The topological polar surface area (TPSA) is 15.3 Å². The lowest BCUT2D eigenvalue weighted by atomic mass is 9.82. The van der Waals surface area contributed by atoms with Gasteiger partial charge in [0.15, 0.2) is 0 Å². The van der Waals surface area contributed by atoms with E-state index in [9.17, 15) is 13.2 Å². The highest BCUT2D eigenvalue weighted by Crippen LogP contribution is 2.37. The highest BCUT2D eigenvalue weighted by molar-refractivity contribution is 4.97. The predicted molar refractivity (Wildman–Crippen MR) is 70.1 cm³/mol. The average Bonchev–Trinajstić information content (AvgIpc) is 3.11. The molecular weight excluding hydrogens is 253 g/mol. The third-order valence-corrected chi connectivity index (χ3v) is 4.35. The van der Waals surface area contributed by atoms with Gasteiger partial charge in [-0.05, 0) is 44.6 Å². The zero-order valence-electron chi connectivity index (χ0n) is 11.8. The summed E-state index contributed by atoms with van der Waals surface area (Å²) in [6.45, 7) is 4.28. The molecule has 0 spiro atoms. The smallest absolute Gasteiger partial charge is 0.313 e. The fourth-order valence-electron chi connectivity index (χ4n) is 3.35. The number of likely N-dealkylation sites (N-methyl/N-ethyl adjacent to an activating group) is 1. The quantitative estimate of drug-likeness (QED) is 0.831. The molecule has 0 aliphatic heterocycles. The number of nitrogens with zero attached hydrogens (tertiary/aromatic N) is 1. The summed E-state index contributed by atoms with van der Waals surface area (Å²) in [5.41, 5.74) is 0. The Labute approximate surface area is 113 Å². The summed E-state index contributed by atoms with van der Waals surface area (Å²) in [5.74, 6) is 0.536. The Morgan fingerprint density at radius 2 is 1.84 bits per heavy atom. The van der Waals surface area contributed by atoms with Crippen molar-refractivity contribution in [3.63, 3.8) is 0 Å². The number of hydrogen-bond acceptors (Lipinski definition) is 2. The Balaban J connectivity index is 2.07. The van der Waals surface area contributed by atoms with Crippen LogP contribution in [-0.2, 0) is 0 Å². The minimum atomic E-state index is -4.08. The van der Waals surface area contributed by atoms with Gasteiger partial charge in [-0.2, -0.15) is 13.2 Å². The molecule has 0 aromatic carbocycles. The fourth-order valence-corrected chi connectivity index (χ4v) is 3.35. The second kappa shape index (κ2) is 6.00. The fraction of sp³-hybridized carbons (Fsp3) is 1.00. The first-order chi connectivity index (χ1) is 8.90. The van der Waals surface area contributed by atoms with Gasteiger partial charge in [0.05, 0.1) is 6.54 Å². The van der Waals surface area contributed by atoms with E-state index in [0.717, 1.165) is 38.6 Å². The first-order valence-electron chi connectivity index (χ1n) is 7.46. The van der Waals surface area contributed by atoms with Crippen molar-refractivity contribution >= 4 is 0 Å². The lowest BCUT2D eigenvalue weighted by Gasteiger charge is -2.43. The molecule has 112 valence electrons. The van der Waals surface area contributed by atoms with Gasteiger partial charge in [-0.3, -0.25) is 4.90 Å². The summed E-state index contributed by atoms with van der Waals surface area (Å²) >= 11 is 0. The molecule has 2 nitrogen and oxygen atoms in total. The highest BCUT2D eigenvalue weighted by atomic mass is 19.4. The van der Waals surface area contributed by atoms with Crippen LogP contribution in [0.1, 0.15) is 46.0 Å². The van der Waals surface area contributed by atoms with Crippen LogP contribution in [0.5, 0.6) is 0 Å². The summed E-state index contributed by atoms with van der Waals surface area (Å²) in [6, 6.07) is 0.444. The van der Waals surface area contributed by atoms with E-state index in [4.69, 9.17) is 0 Å². The van der Waals surface area contributed by atoms with E-state index in [1.807, 2.05) is 6.92 Å². The van der Waals surface area contributed by atoms with Gasteiger partial charge in [-0.25, -0.2) is 0 Å². The number of rotatable bonds is 5. The van der Waals surface area contributed by atoms with E-state index in [1.165, 1.54) is 0 Å². The molecule has 0 amide bonds. The van der Waals surface area contributed by atoms with Crippen LogP contribution < -0.4 is 5.32 Å². The molecular formula is C14H25F3N2. The second-order valence-electron chi connectivity index (χ2n) is 6.17. The van der Waals surface area contributed by atoms with Crippen molar-refractivity contribution in [3.05, 3.63) is 0 Å². The van der Waals surface area contributed by atoms with Gasteiger partial charge < -0.3 is 5.32 Å². The molecule has 0 aromatic heterocycles. The van der Waals surface area contributed by atoms with Crippen molar-refractivity contribution in [2.24, 2.45) is 5.92 Å². The van der Waals surface area contributed by atoms with E-state index in [1.54, 1.807) is 4.90 Å². The molecule has 19 heavy (non-hydrogen) atoms. The molecule has 2 saturated carbocycles. The largest absolute Gasteiger partial charge is 0.401 e. The summed E-state index contributed by atoms with van der Waals surface area (Å²) in [7, 11) is 0. The van der Waals surface area contributed by atoms with Crippen molar-refractivity contribution in [1.29, 1.82) is 0 Å². The maximum atomic E-state index is 12.8. The maximum Gasteiger partial charge on any atom is 0.401 e. The first kappa shape index (κ1) is 15.1. The summed E-state index contributed by atoms with van der Waals surface area (Å²) in [5, 5.41) is 3.39. The van der Waals surface area contributed by atoms with Crippen molar-refractivity contribution in [3.8, 4) is 0 Å². The summed E-state index contributed by atoms with van der Waals surface area (Å²) < 4.78 is 38.4. The zero-order chi connectivity index (χ0) is 14.0. The molecule has 1 N–H and O–H groups in total. The highest BCUT2D eigenvalue weighted by Gasteiger charge is 2.44. The van der Waals surface area contributed by atoms with Crippen molar-refractivity contribution in [2.45, 2.75) is 70.3 Å². The normalized spacial score (nSPS) is 32.8. The number of hydrogen-bond donors (Lipinski definition) is 1. The van der Waals surface area contributed by atoms with Crippen molar-refractivity contribution < 1.29 is 13.2 Å². The minimum Gasteiger partial charge on any atom is -0.313 e. The Bertz CT molecular complexity index is 289. The minimum absolute atomic E-state index is 0.0535. The second-order valence-corrected chi connectivity index (χ2v) is 6.17.